The molecule has 6 heteroatoms. The zero-order chi connectivity index (χ0) is 18.8. The highest BCUT2D eigenvalue weighted by molar-refractivity contribution is 5.92. The summed E-state index contributed by atoms with van der Waals surface area (Å²) >= 11 is 0. The number of rotatable bonds is 9. The molecule has 1 unspecified atom stereocenters. The fourth-order valence-corrected chi connectivity index (χ4v) is 2.31. The number of nitrogens with zero attached hydrogens (tertiary/aromatic N) is 1. The summed E-state index contributed by atoms with van der Waals surface area (Å²) in [4.78, 5) is 25.6. The van der Waals surface area contributed by atoms with Crippen LogP contribution in [0, 0.1) is 0 Å². The van der Waals surface area contributed by atoms with Crippen LogP contribution >= 0.6 is 0 Å². The van der Waals surface area contributed by atoms with Crippen LogP contribution in [0.4, 0.5) is 0 Å². The molecule has 0 radical (unpaired) electrons. The molecule has 0 bridgehead atoms. The average molecular weight is 349 g/mol. The van der Waals surface area contributed by atoms with E-state index in [4.69, 9.17) is 9.47 Å². The Balaban J connectivity index is 2.94. The van der Waals surface area contributed by atoms with Crippen LogP contribution in [0.2, 0.25) is 0 Å². The summed E-state index contributed by atoms with van der Waals surface area (Å²) in [6, 6.07) is 5.39. The molecule has 0 aliphatic carbocycles. The van der Waals surface area contributed by atoms with Crippen LogP contribution in [0.25, 0.3) is 6.08 Å². The van der Waals surface area contributed by atoms with Gasteiger partial charge in [-0.1, -0.05) is 6.92 Å². The van der Waals surface area contributed by atoms with Gasteiger partial charge in [0.05, 0.1) is 27.8 Å². The number of esters is 1. The van der Waals surface area contributed by atoms with Crippen LogP contribution in [-0.2, 0) is 14.3 Å². The Labute approximate surface area is 149 Å². The van der Waals surface area contributed by atoms with Crippen molar-refractivity contribution < 1.29 is 23.8 Å². The van der Waals surface area contributed by atoms with Gasteiger partial charge in [-0.05, 0) is 37.6 Å². The molecule has 0 N–H and O–H groups in total. The first-order valence-corrected chi connectivity index (χ1v) is 8.24. The normalized spacial score (nSPS) is 11.9. The largest absolute Gasteiger partial charge is 0.497 e. The van der Waals surface area contributed by atoms with E-state index in [0.717, 1.165) is 12.0 Å². The minimum atomic E-state index is -0.334. The highest BCUT2D eigenvalue weighted by Crippen LogP contribution is 2.25. The van der Waals surface area contributed by atoms with Crippen molar-refractivity contribution in [1.82, 2.24) is 4.90 Å². The third-order valence-corrected chi connectivity index (χ3v) is 4.03. The molecule has 1 rings (SSSR count). The van der Waals surface area contributed by atoms with Gasteiger partial charge >= 0.3 is 5.97 Å². The van der Waals surface area contributed by atoms with Crippen molar-refractivity contribution in [1.29, 1.82) is 0 Å². The van der Waals surface area contributed by atoms with E-state index in [1.165, 1.54) is 13.2 Å². The van der Waals surface area contributed by atoms with E-state index in [1.54, 1.807) is 43.4 Å². The molecule has 0 aromatic heterocycles. The zero-order valence-corrected chi connectivity index (χ0v) is 15.6. The summed E-state index contributed by atoms with van der Waals surface area (Å²) in [7, 11) is 4.49. The Morgan fingerprint density at radius 1 is 1.20 bits per heavy atom. The Kier molecular flexibility index (Phi) is 8.53. The number of amides is 1. The van der Waals surface area contributed by atoms with Crippen molar-refractivity contribution in [2.45, 2.75) is 32.7 Å². The van der Waals surface area contributed by atoms with Crippen molar-refractivity contribution >= 4 is 18.0 Å². The lowest BCUT2D eigenvalue weighted by Crippen LogP contribution is -2.38. The summed E-state index contributed by atoms with van der Waals surface area (Å²) in [6.45, 7) is 4.27. The van der Waals surface area contributed by atoms with Gasteiger partial charge in [-0.15, -0.1) is 0 Å². The predicted molar refractivity (Wildman–Crippen MR) is 96.7 cm³/mol. The molecule has 0 spiro atoms. The first kappa shape index (κ1) is 20.5. The van der Waals surface area contributed by atoms with Crippen molar-refractivity contribution in [3.8, 4) is 11.5 Å². The van der Waals surface area contributed by atoms with Gasteiger partial charge in [-0.2, -0.15) is 0 Å². The van der Waals surface area contributed by atoms with E-state index in [2.05, 4.69) is 4.74 Å². The molecule has 0 saturated carbocycles. The maximum absolute atomic E-state index is 12.6. The van der Waals surface area contributed by atoms with Crippen LogP contribution in [-0.4, -0.2) is 50.7 Å². The number of carbonyl (C=O) groups excluding carboxylic acids is 2. The molecular formula is C19H27NO5. The number of methoxy groups -OCH3 is 3. The van der Waals surface area contributed by atoms with Crippen LogP contribution in [0.3, 0.4) is 0 Å². The van der Waals surface area contributed by atoms with E-state index in [9.17, 15) is 9.59 Å². The molecule has 1 aromatic carbocycles. The molecule has 0 saturated heterocycles. The Bertz CT molecular complexity index is 612. The molecule has 1 atom stereocenters. The third kappa shape index (κ3) is 6.14. The van der Waals surface area contributed by atoms with Crippen molar-refractivity contribution in [2.75, 3.05) is 27.9 Å². The maximum atomic E-state index is 12.6. The maximum Gasteiger partial charge on any atom is 0.307 e. The van der Waals surface area contributed by atoms with Gasteiger partial charge in [0.15, 0.2) is 0 Å². The smallest absolute Gasteiger partial charge is 0.307 e. The summed E-state index contributed by atoms with van der Waals surface area (Å²) in [5.41, 5.74) is 0.743. The Morgan fingerprint density at radius 2 is 1.92 bits per heavy atom. The molecule has 0 aliphatic heterocycles. The first-order valence-electron chi connectivity index (χ1n) is 8.24. The number of hydrogen-bond donors (Lipinski definition) is 0. The number of hydrogen-bond acceptors (Lipinski definition) is 5. The molecule has 138 valence electrons. The SMILES string of the molecule is CCC(C)N(CCC(=O)OC)C(=O)/C=C/c1cc(OC)ccc1OC. The molecule has 25 heavy (non-hydrogen) atoms. The third-order valence-electron chi connectivity index (χ3n) is 4.03. The second kappa shape index (κ2) is 10.4. The van der Waals surface area contributed by atoms with Crippen molar-refractivity contribution in [2.24, 2.45) is 0 Å². The first-order chi connectivity index (χ1) is 12.0. The van der Waals surface area contributed by atoms with Crippen molar-refractivity contribution in [3.05, 3.63) is 29.8 Å². The van der Waals surface area contributed by atoms with Gasteiger partial charge < -0.3 is 19.1 Å². The monoisotopic (exact) mass is 349 g/mol. The fraction of sp³-hybridized carbons (Fsp3) is 0.474. The Morgan fingerprint density at radius 3 is 2.48 bits per heavy atom. The summed E-state index contributed by atoms with van der Waals surface area (Å²) in [5, 5.41) is 0. The molecule has 0 fully saturated rings. The lowest BCUT2D eigenvalue weighted by atomic mass is 10.1. The molecule has 0 aliphatic rings. The summed E-state index contributed by atoms with van der Waals surface area (Å²) < 4.78 is 15.2. The van der Waals surface area contributed by atoms with Gasteiger partial charge in [-0.25, -0.2) is 0 Å². The van der Waals surface area contributed by atoms with Crippen LogP contribution < -0.4 is 9.47 Å². The van der Waals surface area contributed by atoms with E-state index in [-0.39, 0.29) is 24.3 Å². The molecule has 0 heterocycles. The van der Waals surface area contributed by atoms with Crippen LogP contribution in [0.5, 0.6) is 11.5 Å². The summed E-state index contributed by atoms with van der Waals surface area (Å²) in [5.74, 6) is 0.828. The van der Waals surface area contributed by atoms with Crippen LogP contribution in [0.15, 0.2) is 24.3 Å². The molecule has 1 amide bonds. The van der Waals surface area contributed by atoms with Crippen molar-refractivity contribution in [3.63, 3.8) is 0 Å². The standard InChI is InChI=1S/C19H27NO5/c1-6-14(2)20(12-11-19(22)25-5)18(21)10-7-15-13-16(23-3)8-9-17(15)24-4/h7-10,13-14H,6,11-12H2,1-5H3/b10-7+. The minimum Gasteiger partial charge on any atom is -0.497 e. The van der Waals surface area contributed by atoms with E-state index >= 15 is 0 Å². The number of benzene rings is 1. The highest BCUT2D eigenvalue weighted by atomic mass is 16.5. The number of ether oxygens (including phenoxy) is 3. The lowest BCUT2D eigenvalue weighted by Gasteiger charge is -2.27. The van der Waals surface area contributed by atoms with Gasteiger partial charge in [0.1, 0.15) is 11.5 Å². The Hall–Kier alpha value is -2.50. The quantitative estimate of drug-likeness (QED) is 0.507. The highest BCUT2D eigenvalue weighted by Gasteiger charge is 2.18. The zero-order valence-electron chi connectivity index (χ0n) is 15.6. The predicted octanol–water partition coefficient (Wildman–Crippen LogP) is 2.91. The van der Waals surface area contributed by atoms with Gasteiger partial charge in [0.2, 0.25) is 5.91 Å². The molecular weight excluding hydrogens is 322 g/mol. The van der Waals surface area contributed by atoms with E-state index in [0.29, 0.717) is 18.0 Å². The lowest BCUT2D eigenvalue weighted by molar-refractivity contribution is -0.141. The van der Waals surface area contributed by atoms with E-state index < -0.39 is 0 Å². The van der Waals surface area contributed by atoms with Gasteiger partial charge in [0, 0.05) is 24.2 Å². The van der Waals surface area contributed by atoms with Gasteiger partial charge in [0.25, 0.3) is 0 Å². The second-order valence-electron chi connectivity index (χ2n) is 5.56. The fourth-order valence-electron chi connectivity index (χ4n) is 2.31. The minimum absolute atomic E-state index is 0.0222. The molecule has 1 aromatic rings. The topological polar surface area (TPSA) is 65.1 Å². The molecule has 6 nitrogen and oxygen atoms in total. The second-order valence-corrected chi connectivity index (χ2v) is 5.56. The van der Waals surface area contributed by atoms with E-state index in [1.807, 2.05) is 13.8 Å². The average Bonchev–Trinajstić information content (AvgIpc) is 2.65. The van der Waals surface area contributed by atoms with Gasteiger partial charge in [-0.3, -0.25) is 9.59 Å². The number of carbonyl (C=O) groups is 2. The summed E-state index contributed by atoms with van der Waals surface area (Å²) in [6.07, 6.45) is 4.14. The van der Waals surface area contributed by atoms with Crippen LogP contribution in [0.1, 0.15) is 32.3 Å².